The van der Waals surface area contributed by atoms with Crippen LogP contribution in [0.2, 0.25) is 0 Å². The van der Waals surface area contributed by atoms with Crippen LogP contribution in [0.5, 0.6) is 0 Å². The molecule has 0 saturated heterocycles. The zero-order chi connectivity index (χ0) is 12.2. The summed E-state index contributed by atoms with van der Waals surface area (Å²) in [6.07, 6.45) is 0.210. The minimum Gasteiger partial charge on any atom is -0.444 e. The normalized spacial score (nSPS) is 35.4. The van der Waals surface area contributed by atoms with Crippen LogP contribution in [0.25, 0.3) is 0 Å². The van der Waals surface area contributed by atoms with Crippen molar-refractivity contribution >= 4 is 6.09 Å². The van der Waals surface area contributed by atoms with Crippen LogP contribution in [-0.4, -0.2) is 23.7 Å². The van der Waals surface area contributed by atoms with Gasteiger partial charge in [-0.1, -0.05) is 0 Å². The number of amides is 1. The molecule has 0 aromatic heterocycles. The van der Waals surface area contributed by atoms with Crippen molar-refractivity contribution in [3.63, 3.8) is 0 Å². The van der Waals surface area contributed by atoms with Gasteiger partial charge >= 0.3 is 6.09 Å². The quantitative estimate of drug-likeness (QED) is 0.756. The molecule has 0 aromatic carbocycles. The highest BCUT2D eigenvalue weighted by Gasteiger charge is 2.75. The number of ether oxygens (including phenoxy) is 1. The lowest BCUT2D eigenvalue weighted by Gasteiger charge is -2.36. The Hall–Kier alpha value is -0.870. The Morgan fingerprint density at radius 2 is 1.88 bits per heavy atom. The molecule has 0 heterocycles. The predicted octanol–water partition coefficient (Wildman–Crippen LogP) is 2.70. The summed E-state index contributed by atoms with van der Waals surface area (Å²) in [4.78, 5) is 11.3. The first kappa shape index (κ1) is 11.6. The van der Waals surface area contributed by atoms with E-state index in [9.17, 15) is 13.6 Å². The second-order valence-electron chi connectivity index (χ2n) is 5.91. The molecule has 2 saturated carbocycles. The largest absolute Gasteiger partial charge is 0.444 e. The molecule has 3 nitrogen and oxygen atoms in total. The summed E-state index contributed by atoms with van der Waals surface area (Å²) in [6.45, 7) is 5.30. The summed E-state index contributed by atoms with van der Waals surface area (Å²) in [5.74, 6) is -2.50. The third kappa shape index (κ3) is 1.99. The van der Waals surface area contributed by atoms with Gasteiger partial charge in [0.25, 0.3) is 5.92 Å². The molecule has 0 unspecified atom stereocenters. The molecule has 2 aliphatic carbocycles. The Bertz CT molecular complexity index is 316. The molecule has 1 amide bonds. The Kier molecular flexibility index (Phi) is 2.23. The van der Waals surface area contributed by atoms with Crippen molar-refractivity contribution in [2.75, 3.05) is 0 Å². The minimum absolute atomic E-state index is 0.0213. The van der Waals surface area contributed by atoms with Crippen LogP contribution in [0.15, 0.2) is 0 Å². The first-order chi connectivity index (χ1) is 7.14. The summed E-state index contributed by atoms with van der Waals surface area (Å²) >= 11 is 0. The van der Waals surface area contributed by atoms with Crippen LogP contribution in [-0.2, 0) is 4.74 Å². The molecule has 0 aliphatic heterocycles. The summed E-state index contributed by atoms with van der Waals surface area (Å²) in [5.41, 5.74) is -1.35. The van der Waals surface area contributed by atoms with Gasteiger partial charge in [-0.25, -0.2) is 13.6 Å². The lowest BCUT2D eigenvalue weighted by atomic mass is 9.76. The van der Waals surface area contributed by atoms with Crippen molar-refractivity contribution in [1.29, 1.82) is 0 Å². The van der Waals surface area contributed by atoms with E-state index in [2.05, 4.69) is 5.32 Å². The monoisotopic (exact) mass is 233 g/mol. The highest BCUT2D eigenvalue weighted by Crippen LogP contribution is 2.70. The first-order valence-corrected chi connectivity index (χ1v) is 5.51. The SMILES string of the molecule is CC(C)(C)OC(=O)NC1CC2(C1)CC2(F)F. The number of carbonyl (C=O) groups excluding carboxylic acids is 1. The van der Waals surface area contributed by atoms with Crippen LogP contribution in [0.4, 0.5) is 13.6 Å². The standard InChI is InChI=1S/C11H17F2NO2/c1-9(2,3)16-8(15)14-7-4-10(5-7)6-11(10,12)13/h7H,4-6H2,1-3H3,(H,14,15). The third-order valence-electron chi connectivity index (χ3n) is 3.21. The van der Waals surface area contributed by atoms with E-state index < -0.39 is 23.0 Å². The zero-order valence-electron chi connectivity index (χ0n) is 9.77. The van der Waals surface area contributed by atoms with Gasteiger partial charge < -0.3 is 10.1 Å². The molecule has 2 fully saturated rings. The van der Waals surface area contributed by atoms with Crippen LogP contribution < -0.4 is 5.32 Å². The maximum atomic E-state index is 12.9. The summed E-state index contributed by atoms with van der Waals surface area (Å²) in [5, 5.41) is 2.61. The maximum absolute atomic E-state index is 12.9. The lowest BCUT2D eigenvalue weighted by Crippen LogP contribution is -2.48. The number of nitrogens with one attached hydrogen (secondary N) is 1. The number of carbonyl (C=O) groups is 1. The van der Waals surface area contributed by atoms with Crippen LogP contribution in [0.3, 0.4) is 0 Å². The molecule has 0 aromatic rings. The fraction of sp³-hybridized carbons (Fsp3) is 0.909. The Morgan fingerprint density at radius 1 is 1.38 bits per heavy atom. The first-order valence-electron chi connectivity index (χ1n) is 5.51. The van der Waals surface area contributed by atoms with Gasteiger partial charge in [0, 0.05) is 17.9 Å². The van der Waals surface area contributed by atoms with Crippen molar-refractivity contribution < 1.29 is 18.3 Å². The summed E-state index contributed by atoms with van der Waals surface area (Å²) < 4.78 is 30.8. The summed E-state index contributed by atoms with van der Waals surface area (Å²) in [7, 11) is 0. The second-order valence-corrected chi connectivity index (χ2v) is 5.91. The Labute approximate surface area is 93.5 Å². The van der Waals surface area contributed by atoms with Gasteiger partial charge in [-0.15, -0.1) is 0 Å². The van der Waals surface area contributed by atoms with Crippen LogP contribution in [0.1, 0.15) is 40.0 Å². The van der Waals surface area contributed by atoms with Crippen molar-refractivity contribution in [2.45, 2.75) is 57.6 Å². The van der Waals surface area contributed by atoms with Gasteiger partial charge in [-0.3, -0.25) is 0 Å². The fourth-order valence-electron chi connectivity index (χ4n) is 2.28. The van der Waals surface area contributed by atoms with E-state index in [1.165, 1.54) is 0 Å². The molecule has 92 valence electrons. The van der Waals surface area contributed by atoms with E-state index in [1.54, 1.807) is 20.8 Å². The van der Waals surface area contributed by atoms with Crippen molar-refractivity contribution in [2.24, 2.45) is 5.41 Å². The molecule has 0 atom stereocenters. The molecule has 0 bridgehead atoms. The molecular weight excluding hydrogens is 216 g/mol. The van der Waals surface area contributed by atoms with Crippen molar-refractivity contribution in [3.05, 3.63) is 0 Å². The fourth-order valence-corrected chi connectivity index (χ4v) is 2.28. The lowest BCUT2D eigenvalue weighted by molar-refractivity contribution is 0.00611. The van der Waals surface area contributed by atoms with Gasteiger partial charge in [0.2, 0.25) is 0 Å². The Balaban J connectivity index is 1.73. The number of rotatable bonds is 1. The topological polar surface area (TPSA) is 38.3 Å². The van der Waals surface area contributed by atoms with Crippen molar-refractivity contribution in [1.82, 2.24) is 5.32 Å². The molecule has 1 spiro atoms. The molecule has 2 rings (SSSR count). The molecule has 0 radical (unpaired) electrons. The molecule has 16 heavy (non-hydrogen) atoms. The van der Waals surface area contributed by atoms with E-state index in [-0.39, 0.29) is 12.5 Å². The average Bonchev–Trinajstić information content (AvgIpc) is 2.47. The molecular formula is C11H17F2NO2. The molecule has 5 heteroatoms. The zero-order valence-corrected chi connectivity index (χ0v) is 9.77. The average molecular weight is 233 g/mol. The van der Waals surface area contributed by atoms with Crippen molar-refractivity contribution in [3.8, 4) is 0 Å². The Morgan fingerprint density at radius 3 is 2.25 bits per heavy atom. The van der Waals surface area contributed by atoms with Gasteiger partial charge in [0.15, 0.2) is 0 Å². The number of hydrogen-bond donors (Lipinski definition) is 1. The van der Waals surface area contributed by atoms with Crippen LogP contribution in [0, 0.1) is 5.41 Å². The van der Waals surface area contributed by atoms with E-state index in [0.717, 1.165) is 0 Å². The highest BCUT2D eigenvalue weighted by molar-refractivity contribution is 5.68. The number of halogens is 2. The van der Waals surface area contributed by atoms with Gasteiger partial charge in [0.1, 0.15) is 5.60 Å². The highest BCUT2D eigenvalue weighted by atomic mass is 19.3. The summed E-state index contributed by atoms with van der Waals surface area (Å²) in [6, 6.07) is -0.150. The second kappa shape index (κ2) is 3.08. The van der Waals surface area contributed by atoms with E-state index in [1.807, 2.05) is 0 Å². The van der Waals surface area contributed by atoms with Gasteiger partial charge in [0.05, 0.1) is 0 Å². The minimum atomic E-state index is -2.50. The van der Waals surface area contributed by atoms with Gasteiger partial charge in [-0.05, 0) is 33.6 Å². The van der Waals surface area contributed by atoms with Crippen LogP contribution >= 0.6 is 0 Å². The maximum Gasteiger partial charge on any atom is 0.407 e. The van der Waals surface area contributed by atoms with Gasteiger partial charge in [-0.2, -0.15) is 0 Å². The van der Waals surface area contributed by atoms with E-state index >= 15 is 0 Å². The number of alkyl halides is 2. The predicted molar refractivity (Wildman–Crippen MR) is 54.4 cm³/mol. The number of alkyl carbamates (subject to hydrolysis) is 1. The number of hydrogen-bond acceptors (Lipinski definition) is 2. The molecule has 2 aliphatic rings. The van der Waals surface area contributed by atoms with E-state index in [0.29, 0.717) is 12.8 Å². The smallest absolute Gasteiger partial charge is 0.407 e. The van der Waals surface area contributed by atoms with E-state index in [4.69, 9.17) is 4.74 Å². The molecule has 1 N–H and O–H groups in total. The third-order valence-corrected chi connectivity index (χ3v) is 3.21.